The monoisotopic (exact) mass is 182 g/mol. The van der Waals surface area contributed by atoms with Gasteiger partial charge in [0.25, 0.3) is 0 Å². The van der Waals surface area contributed by atoms with E-state index in [0.717, 1.165) is 0 Å². The normalized spacial score (nSPS) is 5.50. The fraction of sp³-hybridized carbons (Fsp3) is 0.500. The summed E-state index contributed by atoms with van der Waals surface area (Å²) < 4.78 is 0. The van der Waals surface area contributed by atoms with E-state index in [1.165, 1.54) is 0 Å². The molecule has 0 rings (SSSR count). The van der Waals surface area contributed by atoms with Gasteiger partial charge in [0.2, 0.25) is 0 Å². The zero-order chi connectivity index (χ0) is 5.58. The van der Waals surface area contributed by atoms with Crippen LogP contribution in [0.4, 0.5) is 0 Å². The number of hydrogen-bond donors (Lipinski definition) is 0. The Balaban J connectivity index is 0. The Morgan fingerprint density at radius 1 is 1.17 bits per heavy atom. The Labute approximate surface area is 56.2 Å². The molecule has 0 bridgehead atoms. The number of rotatable bonds is 0. The summed E-state index contributed by atoms with van der Waals surface area (Å²) >= 11 is -1.92. The van der Waals surface area contributed by atoms with Crippen molar-refractivity contribution < 1.29 is 14.7 Å². The molecule has 0 radical (unpaired) electrons. The van der Waals surface area contributed by atoms with Crippen molar-refractivity contribution in [3.63, 3.8) is 0 Å². The van der Waals surface area contributed by atoms with E-state index in [1.807, 2.05) is 0 Å². The van der Waals surface area contributed by atoms with E-state index in [1.54, 1.807) is 6.92 Å². The summed E-state index contributed by atoms with van der Waals surface area (Å²) in [5.41, 5.74) is 0. The number of halogens is 3. The molecule has 0 nitrogen and oxygen atoms in total. The molecular formula is C2H5Cl3Ti. The molecule has 0 N–H and O–H groups in total. The molecule has 6 heavy (non-hydrogen) atoms. The molecular weight excluding hydrogens is 178 g/mol. The maximum absolute atomic E-state index is 4.97. The molecule has 0 atom stereocenters. The first-order valence-electron chi connectivity index (χ1n) is 1.27. The molecule has 0 amide bonds. The summed E-state index contributed by atoms with van der Waals surface area (Å²) in [7, 11) is 14.9. The first-order chi connectivity index (χ1) is 2.73. The van der Waals surface area contributed by atoms with Crippen molar-refractivity contribution in [2.75, 3.05) is 0 Å². The van der Waals surface area contributed by atoms with Crippen LogP contribution in [0.5, 0.6) is 0 Å². The van der Waals surface area contributed by atoms with E-state index in [2.05, 4.69) is 6.92 Å². The second kappa shape index (κ2) is 9.77. The van der Waals surface area contributed by atoms with Crippen LogP contribution < -0.4 is 0 Å². The predicted octanol–water partition coefficient (Wildman–Crippen LogP) is 2.91. The van der Waals surface area contributed by atoms with Crippen molar-refractivity contribution in [1.29, 1.82) is 0 Å². The van der Waals surface area contributed by atoms with Gasteiger partial charge in [-0.3, -0.25) is 0 Å². The molecule has 0 aromatic heterocycles. The average Bonchev–Trinajstić information content (AvgIpc) is 1.41. The summed E-state index contributed by atoms with van der Waals surface area (Å²) in [6, 6.07) is 0. The molecule has 0 heterocycles. The third-order valence-electron chi connectivity index (χ3n) is 0. The average molecular weight is 183 g/mol. The van der Waals surface area contributed by atoms with Crippen molar-refractivity contribution >= 4 is 27.9 Å². The standard InChI is InChI=1S/C2H5.3ClH.Ti/c1-2;;;;/h1H2,2H3;3*1H;/q-1;;;;+4/p-3. The summed E-state index contributed by atoms with van der Waals surface area (Å²) in [5, 5.41) is 0. The fourth-order valence-corrected chi connectivity index (χ4v) is 0. The predicted molar refractivity (Wildman–Crippen MR) is 28.6 cm³/mol. The van der Waals surface area contributed by atoms with Crippen LogP contribution in [0.1, 0.15) is 6.92 Å². The van der Waals surface area contributed by atoms with Crippen molar-refractivity contribution in [2.45, 2.75) is 6.92 Å². The van der Waals surface area contributed by atoms with E-state index in [4.69, 9.17) is 27.9 Å². The van der Waals surface area contributed by atoms with Crippen molar-refractivity contribution in [1.82, 2.24) is 0 Å². The quantitative estimate of drug-likeness (QED) is 0.400. The minimum atomic E-state index is -1.92. The van der Waals surface area contributed by atoms with Crippen molar-refractivity contribution in [2.24, 2.45) is 0 Å². The fourth-order valence-electron chi connectivity index (χ4n) is 0. The van der Waals surface area contributed by atoms with E-state index in [0.29, 0.717) is 0 Å². The van der Waals surface area contributed by atoms with E-state index in [9.17, 15) is 0 Å². The Bertz CT molecular complexity index is 13.5. The van der Waals surface area contributed by atoms with E-state index in [-0.39, 0.29) is 0 Å². The van der Waals surface area contributed by atoms with Crippen LogP contribution in [0.25, 0.3) is 0 Å². The van der Waals surface area contributed by atoms with Gasteiger partial charge in [-0.1, -0.05) is 0 Å². The van der Waals surface area contributed by atoms with E-state index < -0.39 is 14.7 Å². The van der Waals surface area contributed by atoms with Crippen LogP contribution in [0.2, 0.25) is 0 Å². The van der Waals surface area contributed by atoms with Gasteiger partial charge in [0, 0.05) is 0 Å². The van der Waals surface area contributed by atoms with Crippen LogP contribution in [0, 0.1) is 6.92 Å². The molecule has 0 aromatic carbocycles. The van der Waals surface area contributed by atoms with Gasteiger partial charge in [-0.05, 0) is 0 Å². The Morgan fingerprint density at radius 2 is 1.17 bits per heavy atom. The number of hydrogen-bond acceptors (Lipinski definition) is 0. The second-order valence-electron chi connectivity index (χ2n) is 0.214. The summed E-state index contributed by atoms with van der Waals surface area (Å²) in [4.78, 5) is 0. The van der Waals surface area contributed by atoms with Crippen LogP contribution in [-0.2, 0) is 14.7 Å². The first-order valence-corrected chi connectivity index (χ1v) is 7.72. The van der Waals surface area contributed by atoms with Gasteiger partial charge in [0.05, 0.1) is 0 Å². The molecule has 38 valence electrons. The maximum atomic E-state index is 4.97. The third kappa shape index (κ3) is 46.8. The van der Waals surface area contributed by atoms with Crippen LogP contribution in [0.3, 0.4) is 0 Å². The molecule has 0 fully saturated rings. The summed E-state index contributed by atoms with van der Waals surface area (Å²) in [5.74, 6) is 0. The molecule has 0 aliphatic rings. The molecule has 0 aromatic rings. The second-order valence-corrected chi connectivity index (χ2v) is 7.95. The Kier molecular flexibility index (Phi) is 17.2. The van der Waals surface area contributed by atoms with Gasteiger partial charge in [-0.2, -0.15) is 6.92 Å². The molecule has 0 aliphatic heterocycles. The van der Waals surface area contributed by atoms with Crippen molar-refractivity contribution in [3.8, 4) is 0 Å². The van der Waals surface area contributed by atoms with Gasteiger partial charge >= 0.3 is 42.6 Å². The van der Waals surface area contributed by atoms with Gasteiger partial charge in [0.15, 0.2) is 0 Å². The molecule has 0 aliphatic carbocycles. The molecule has 4 heteroatoms. The van der Waals surface area contributed by atoms with Crippen LogP contribution in [0.15, 0.2) is 0 Å². The third-order valence-corrected chi connectivity index (χ3v) is 0. The molecule has 0 spiro atoms. The van der Waals surface area contributed by atoms with Gasteiger partial charge in [-0.15, -0.1) is 0 Å². The van der Waals surface area contributed by atoms with Gasteiger partial charge in [-0.25, -0.2) is 0 Å². The van der Waals surface area contributed by atoms with Crippen LogP contribution >= 0.6 is 27.9 Å². The minimum absolute atomic E-state index is 1.75. The van der Waals surface area contributed by atoms with Gasteiger partial charge in [0.1, 0.15) is 0 Å². The summed E-state index contributed by atoms with van der Waals surface area (Å²) in [6.45, 7) is 5.00. The molecule has 0 unspecified atom stereocenters. The summed E-state index contributed by atoms with van der Waals surface area (Å²) in [6.07, 6.45) is 0. The van der Waals surface area contributed by atoms with Crippen molar-refractivity contribution in [3.05, 3.63) is 6.92 Å². The zero-order valence-corrected chi connectivity index (χ0v) is 7.17. The zero-order valence-electron chi connectivity index (χ0n) is 3.34. The van der Waals surface area contributed by atoms with E-state index >= 15 is 0 Å². The molecule has 0 saturated carbocycles. The SMILES string of the molecule is [CH2-]C.[Cl][Ti+]([Cl])[Cl]. The van der Waals surface area contributed by atoms with Crippen LogP contribution in [-0.4, -0.2) is 0 Å². The van der Waals surface area contributed by atoms with Gasteiger partial charge < -0.3 is 6.92 Å². The Hall–Kier alpha value is 1.58. The topological polar surface area (TPSA) is 0 Å². The Morgan fingerprint density at radius 3 is 1.17 bits per heavy atom. The molecule has 0 saturated heterocycles. The first kappa shape index (κ1) is 10.5.